The van der Waals surface area contributed by atoms with Crippen LogP contribution in [0.4, 0.5) is 0 Å². The minimum Gasteiger partial charge on any atom is -0.396 e. The van der Waals surface area contributed by atoms with Crippen molar-refractivity contribution in [1.82, 2.24) is 16.0 Å². The summed E-state index contributed by atoms with van der Waals surface area (Å²) in [6.45, 7) is 1.02. The van der Waals surface area contributed by atoms with E-state index in [0.717, 1.165) is 25.8 Å². The van der Waals surface area contributed by atoms with Crippen LogP contribution >= 0.6 is 0 Å². The third kappa shape index (κ3) is 2.34. The second-order valence-electron chi connectivity index (χ2n) is 6.14. The van der Waals surface area contributed by atoms with Crippen LogP contribution in [0, 0.1) is 5.92 Å². The summed E-state index contributed by atoms with van der Waals surface area (Å²) in [5.41, 5.74) is 10.3. The van der Waals surface area contributed by atoms with Gasteiger partial charge in [0.1, 0.15) is 0 Å². The third-order valence-electron chi connectivity index (χ3n) is 4.68. The van der Waals surface area contributed by atoms with Gasteiger partial charge in [-0.05, 0) is 41.7 Å². The lowest BCUT2D eigenvalue weighted by Gasteiger charge is -2.28. The van der Waals surface area contributed by atoms with E-state index in [4.69, 9.17) is 0 Å². The van der Waals surface area contributed by atoms with Crippen molar-refractivity contribution in [2.75, 3.05) is 6.61 Å². The predicted molar refractivity (Wildman–Crippen MR) is 87.2 cm³/mol. The number of hydrazine groups is 2. The second-order valence-corrected chi connectivity index (χ2v) is 6.14. The van der Waals surface area contributed by atoms with Crippen LogP contribution in [0.2, 0.25) is 0 Å². The normalized spacial score (nSPS) is 21.1. The van der Waals surface area contributed by atoms with Crippen LogP contribution < -0.4 is 11.0 Å². The van der Waals surface area contributed by atoms with E-state index in [1.54, 1.807) is 0 Å². The number of benzene rings is 2. The molecule has 0 aromatic heterocycles. The Morgan fingerprint density at radius 2 is 2.00 bits per heavy atom. The Morgan fingerprint density at radius 3 is 2.86 bits per heavy atom. The van der Waals surface area contributed by atoms with E-state index in [-0.39, 0.29) is 12.5 Å². The molecule has 1 atom stereocenters. The molecule has 0 saturated carbocycles. The molecule has 3 N–H and O–H groups in total. The zero-order valence-electron chi connectivity index (χ0n) is 12.5. The molecule has 2 aromatic rings. The number of allylic oxidation sites excluding steroid dienone is 1. The molecular weight excluding hydrogens is 274 g/mol. The van der Waals surface area contributed by atoms with E-state index < -0.39 is 0 Å². The molecule has 114 valence electrons. The van der Waals surface area contributed by atoms with Gasteiger partial charge in [-0.2, -0.15) is 0 Å². The molecule has 1 aliphatic heterocycles. The van der Waals surface area contributed by atoms with Crippen LogP contribution in [0.15, 0.2) is 53.9 Å². The molecule has 0 unspecified atom stereocenters. The zero-order chi connectivity index (χ0) is 14.9. The maximum absolute atomic E-state index is 9.65. The van der Waals surface area contributed by atoms with Gasteiger partial charge in [-0.15, -0.1) is 5.53 Å². The van der Waals surface area contributed by atoms with Gasteiger partial charge in [0, 0.05) is 11.6 Å². The SMILES string of the molecule is OC[C@@H]1CCCC2=C1N(Cc1ccc3ccccc3c1)NN2. The zero-order valence-corrected chi connectivity index (χ0v) is 12.5. The van der Waals surface area contributed by atoms with E-state index in [0.29, 0.717) is 0 Å². The standard InChI is InChI=1S/C18H21N3O/c22-12-16-6-3-7-17-18(16)21(20-19-17)11-13-8-9-14-4-1-2-5-15(14)10-13/h1-2,4-5,8-10,16,19-20,22H,3,6-7,11-12H2/t16-/m0/s1. The molecule has 2 aromatic carbocycles. The maximum atomic E-state index is 9.65. The molecule has 2 aliphatic rings. The smallest absolute Gasteiger partial charge is 0.0610 e. The number of fused-ring (bicyclic) bond motifs is 1. The van der Waals surface area contributed by atoms with Crippen molar-refractivity contribution < 1.29 is 5.11 Å². The van der Waals surface area contributed by atoms with Gasteiger partial charge in [0.25, 0.3) is 0 Å². The highest BCUT2D eigenvalue weighted by Gasteiger charge is 2.31. The number of nitrogens with one attached hydrogen (secondary N) is 2. The van der Waals surface area contributed by atoms with Crippen molar-refractivity contribution in [1.29, 1.82) is 0 Å². The highest BCUT2D eigenvalue weighted by Crippen LogP contribution is 2.33. The van der Waals surface area contributed by atoms with Crippen molar-refractivity contribution in [3.63, 3.8) is 0 Å². The molecule has 0 fully saturated rings. The summed E-state index contributed by atoms with van der Waals surface area (Å²) in [5, 5.41) is 14.3. The van der Waals surface area contributed by atoms with Gasteiger partial charge in [-0.25, -0.2) is 0 Å². The van der Waals surface area contributed by atoms with Gasteiger partial charge in [0.2, 0.25) is 0 Å². The lowest BCUT2D eigenvalue weighted by atomic mass is 9.90. The molecule has 1 aliphatic carbocycles. The van der Waals surface area contributed by atoms with E-state index >= 15 is 0 Å². The first-order valence-electron chi connectivity index (χ1n) is 7.96. The first-order chi connectivity index (χ1) is 10.8. The Morgan fingerprint density at radius 1 is 1.14 bits per heavy atom. The molecule has 0 amide bonds. The fourth-order valence-electron chi connectivity index (χ4n) is 3.56. The Balaban J connectivity index is 1.61. The van der Waals surface area contributed by atoms with Gasteiger partial charge in [0.15, 0.2) is 0 Å². The highest BCUT2D eigenvalue weighted by atomic mass is 16.3. The Kier molecular flexibility index (Phi) is 3.48. The Labute approximate surface area is 130 Å². The largest absolute Gasteiger partial charge is 0.396 e. The first kappa shape index (κ1) is 13.6. The number of hydrogen-bond donors (Lipinski definition) is 3. The maximum Gasteiger partial charge on any atom is 0.0610 e. The molecule has 0 radical (unpaired) electrons. The van der Waals surface area contributed by atoms with Gasteiger partial charge in [-0.3, -0.25) is 5.01 Å². The van der Waals surface area contributed by atoms with E-state index in [2.05, 4.69) is 58.4 Å². The van der Waals surface area contributed by atoms with Crippen LogP contribution in [0.5, 0.6) is 0 Å². The molecule has 22 heavy (non-hydrogen) atoms. The van der Waals surface area contributed by atoms with Gasteiger partial charge >= 0.3 is 0 Å². The fourth-order valence-corrected chi connectivity index (χ4v) is 3.56. The Hall–Kier alpha value is -2.04. The fraction of sp³-hybridized carbons (Fsp3) is 0.333. The number of rotatable bonds is 3. The summed E-state index contributed by atoms with van der Waals surface area (Å²) in [5.74, 6) is 0.242. The number of nitrogens with zero attached hydrogens (tertiary/aromatic N) is 1. The molecule has 0 saturated heterocycles. The summed E-state index contributed by atoms with van der Waals surface area (Å²) < 4.78 is 0. The van der Waals surface area contributed by atoms with Gasteiger partial charge in [-0.1, -0.05) is 36.4 Å². The van der Waals surface area contributed by atoms with E-state index in [1.807, 2.05) is 0 Å². The van der Waals surface area contributed by atoms with Crippen molar-refractivity contribution >= 4 is 10.8 Å². The van der Waals surface area contributed by atoms with Crippen LogP contribution in [0.1, 0.15) is 24.8 Å². The number of aliphatic hydroxyl groups excluding tert-OH is 1. The minimum atomic E-state index is 0.219. The van der Waals surface area contributed by atoms with Crippen LogP contribution in [-0.2, 0) is 6.54 Å². The van der Waals surface area contributed by atoms with E-state index in [9.17, 15) is 5.11 Å². The molecular formula is C18H21N3O. The lowest BCUT2D eigenvalue weighted by Crippen LogP contribution is -2.38. The summed E-state index contributed by atoms with van der Waals surface area (Å²) in [7, 11) is 0. The topological polar surface area (TPSA) is 47.5 Å². The van der Waals surface area contributed by atoms with Crippen LogP contribution in [0.3, 0.4) is 0 Å². The van der Waals surface area contributed by atoms with Crippen molar-refractivity contribution in [3.05, 3.63) is 59.4 Å². The van der Waals surface area contributed by atoms with Crippen LogP contribution in [0.25, 0.3) is 10.8 Å². The van der Waals surface area contributed by atoms with Crippen molar-refractivity contribution in [2.45, 2.75) is 25.8 Å². The summed E-state index contributed by atoms with van der Waals surface area (Å²) >= 11 is 0. The second kappa shape index (κ2) is 5.63. The molecule has 4 rings (SSSR count). The minimum absolute atomic E-state index is 0.219. The summed E-state index contributed by atoms with van der Waals surface area (Å²) in [6, 6.07) is 15.0. The molecule has 0 bridgehead atoms. The van der Waals surface area contributed by atoms with Crippen molar-refractivity contribution in [3.8, 4) is 0 Å². The third-order valence-corrected chi connectivity index (χ3v) is 4.68. The molecule has 4 heteroatoms. The number of aliphatic hydroxyl groups is 1. The van der Waals surface area contributed by atoms with Gasteiger partial charge in [0.05, 0.1) is 18.8 Å². The predicted octanol–water partition coefficient (Wildman–Crippen LogP) is 2.67. The molecule has 0 spiro atoms. The quantitative estimate of drug-likeness (QED) is 0.815. The average Bonchev–Trinajstić information content (AvgIpc) is 2.98. The van der Waals surface area contributed by atoms with E-state index in [1.165, 1.54) is 27.7 Å². The van der Waals surface area contributed by atoms with Crippen LogP contribution in [-0.4, -0.2) is 16.7 Å². The van der Waals surface area contributed by atoms with Crippen molar-refractivity contribution in [2.24, 2.45) is 5.92 Å². The monoisotopic (exact) mass is 295 g/mol. The summed E-state index contributed by atoms with van der Waals surface area (Å²) in [4.78, 5) is 0. The molecule has 1 heterocycles. The highest BCUT2D eigenvalue weighted by molar-refractivity contribution is 5.82. The van der Waals surface area contributed by atoms with Gasteiger partial charge < -0.3 is 10.5 Å². The lowest BCUT2D eigenvalue weighted by molar-refractivity contribution is 0.171. The Bertz CT molecular complexity index is 725. The summed E-state index contributed by atoms with van der Waals surface area (Å²) in [6.07, 6.45) is 3.27. The molecule has 4 nitrogen and oxygen atoms in total. The number of hydrogen-bond acceptors (Lipinski definition) is 4. The average molecular weight is 295 g/mol. The first-order valence-corrected chi connectivity index (χ1v) is 7.96.